The average molecular weight is 353 g/mol. The quantitative estimate of drug-likeness (QED) is 0.543. The third-order valence-corrected chi connectivity index (χ3v) is 10.4. The van der Waals surface area contributed by atoms with Gasteiger partial charge in [0, 0.05) is 5.54 Å². The molecule has 0 spiro atoms. The molecule has 128 valence electrons. The Labute approximate surface area is 157 Å². The van der Waals surface area contributed by atoms with Crippen molar-refractivity contribution in [2.24, 2.45) is 0 Å². The van der Waals surface area contributed by atoms with Crippen molar-refractivity contribution in [3.63, 3.8) is 0 Å². The molecule has 3 aliphatic carbocycles. The predicted molar refractivity (Wildman–Crippen MR) is 115 cm³/mol. The Morgan fingerprint density at radius 1 is 0.885 bits per heavy atom. The average Bonchev–Trinajstić information content (AvgIpc) is 3.20. The minimum absolute atomic E-state index is 0.564. The van der Waals surface area contributed by atoms with Crippen LogP contribution in [-0.2, 0) is 6.42 Å². The smallest absolute Gasteiger partial charge is 0.0787 e. The summed E-state index contributed by atoms with van der Waals surface area (Å²) < 4.78 is 0. The van der Waals surface area contributed by atoms with Gasteiger partial charge in [0.2, 0.25) is 0 Å². The van der Waals surface area contributed by atoms with Crippen molar-refractivity contribution in [3.05, 3.63) is 105 Å². The topological polar surface area (TPSA) is 0 Å². The van der Waals surface area contributed by atoms with Crippen molar-refractivity contribution in [1.82, 2.24) is 0 Å². The molecule has 0 nitrogen and oxygen atoms in total. The standard InChI is InChI=1S/C25H24Si/c1-17-14-21-15-19-9-4-5-10-20(19)16-23(21)25(17)26(2,3)24-13-12-18-8-6-7-11-22(18)24/h4-14,16,24H,15H2,1-3H3. The number of hydrogen-bond donors (Lipinski definition) is 0. The first kappa shape index (κ1) is 15.8. The van der Waals surface area contributed by atoms with Crippen LogP contribution in [0.1, 0.15) is 34.7 Å². The van der Waals surface area contributed by atoms with Crippen molar-refractivity contribution in [1.29, 1.82) is 0 Å². The Bertz CT molecular complexity index is 1040. The van der Waals surface area contributed by atoms with Gasteiger partial charge in [-0.3, -0.25) is 0 Å². The van der Waals surface area contributed by atoms with E-state index < -0.39 is 8.07 Å². The van der Waals surface area contributed by atoms with E-state index >= 15 is 0 Å². The SMILES string of the molecule is CC1=C([Si](C)(C)C2C=Cc3ccccc32)C2=Cc3ccccc3CC2=C1. The van der Waals surface area contributed by atoms with Gasteiger partial charge >= 0.3 is 0 Å². The fourth-order valence-corrected chi connectivity index (χ4v) is 9.13. The molecule has 3 aliphatic rings. The Morgan fingerprint density at radius 3 is 2.46 bits per heavy atom. The summed E-state index contributed by atoms with van der Waals surface area (Å²) in [4.78, 5) is 0. The minimum Gasteiger partial charge on any atom is -0.0787 e. The molecule has 0 saturated carbocycles. The van der Waals surface area contributed by atoms with Crippen LogP contribution in [0.2, 0.25) is 13.1 Å². The van der Waals surface area contributed by atoms with Crippen LogP contribution in [0.5, 0.6) is 0 Å². The fourth-order valence-electron chi connectivity index (χ4n) is 5.18. The zero-order valence-corrected chi connectivity index (χ0v) is 16.7. The Morgan fingerprint density at radius 2 is 1.62 bits per heavy atom. The lowest BCUT2D eigenvalue weighted by atomic mass is 9.90. The molecule has 0 N–H and O–H groups in total. The van der Waals surface area contributed by atoms with Gasteiger partial charge in [-0.15, -0.1) is 0 Å². The summed E-state index contributed by atoms with van der Waals surface area (Å²) in [5, 5.41) is 1.66. The van der Waals surface area contributed by atoms with Crippen LogP contribution in [0.4, 0.5) is 0 Å². The van der Waals surface area contributed by atoms with Gasteiger partial charge in [0.15, 0.2) is 0 Å². The largest absolute Gasteiger partial charge is 0.0931 e. The van der Waals surface area contributed by atoms with Gasteiger partial charge in [0.25, 0.3) is 0 Å². The first-order valence-electron chi connectivity index (χ1n) is 9.55. The molecule has 0 aromatic heterocycles. The number of hydrogen-bond acceptors (Lipinski definition) is 0. The lowest BCUT2D eigenvalue weighted by Gasteiger charge is -2.34. The number of fused-ring (bicyclic) bond motifs is 3. The second kappa shape index (κ2) is 5.56. The van der Waals surface area contributed by atoms with Gasteiger partial charge < -0.3 is 0 Å². The van der Waals surface area contributed by atoms with E-state index in [1.165, 1.54) is 39.0 Å². The van der Waals surface area contributed by atoms with Crippen LogP contribution < -0.4 is 0 Å². The summed E-state index contributed by atoms with van der Waals surface area (Å²) in [6, 6.07) is 17.8. The van der Waals surface area contributed by atoms with Gasteiger partial charge in [0.05, 0.1) is 8.07 Å². The van der Waals surface area contributed by atoms with E-state index in [9.17, 15) is 0 Å². The molecule has 0 heterocycles. The molecule has 0 bridgehead atoms. The summed E-state index contributed by atoms with van der Waals surface area (Å²) in [7, 11) is -1.71. The van der Waals surface area contributed by atoms with E-state index in [-0.39, 0.29) is 0 Å². The molecule has 2 aromatic carbocycles. The van der Waals surface area contributed by atoms with E-state index in [1.807, 2.05) is 0 Å². The third-order valence-electron chi connectivity index (χ3n) is 6.36. The lowest BCUT2D eigenvalue weighted by molar-refractivity contribution is 1.13. The van der Waals surface area contributed by atoms with Gasteiger partial charge in [-0.1, -0.05) is 85.4 Å². The maximum Gasteiger partial charge on any atom is 0.0931 e. The summed E-state index contributed by atoms with van der Waals surface area (Å²) in [6.45, 7) is 7.44. The predicted octanol–water partition coefficient (Wildman–Crippen LogP) is 6.48. The van der Waals surface area contributed by atoms with E-state index in [4.69, 9.17) is 0 Å². The van der Waals surface area contributed by atoms with Crippen LogP contribution in [0.25, 0.3) is 12.2 Å². The van der Waals surface area contributed by atoms with Crippen LogP contribution >= 0.6 is 0 Å². The van der Waals surface area contributed by atoms with Crippen molar-refractivity contribution >= 4 is 20.2 Å². The van der Waals surface area contributed by atoms with Gasteiger partial charge in [-0.2, -0.15) is 0 Å². The number of benzene rings is 2. The molecule has 26 heavy (non-hydrogen) atoms. The second-order valence-corrected chi connectivity index (χ2v) is 12.9. The van der Waals surface area contributed by atoms with Crippen molar-refractivity contribution in [2.45, 2.75) is 32.0 Å². The number of allylic oxidation sites excluding steroid dienone is 6. The molecular formula is C25H24Si. The first-order chi connectivity index (χ1) is 12.6. The van der Waals surface area contributed by atoms with E-state index in [0.717, 1.165) is 6.42 Å². The van der Waals surface area contributed by atoms with E-state index in [1.54, 1.807) is 5.20 Å². The molecule has 0 amide bonds. The Balaban J connectivity index is 1.62. The monoisotopic (exact) mass is 352 g/mol. The lowest BCUT2D eigenvalue weighted by Crippen LogP contribution is -2.37. The zero-order chi connectivity index (χ0) is 17.9. The second-order valence-electron chi connectivity index (χ2n) is 8.35. The molecular weight excluding hydrogens is 328 g/mol. The molecule has 1 heteroatoms. The highest BCUT2D eigenvalue weighted by atomic mass is 28.3. The van der Waals surface area contributed by atoms with E-state index in [0.29, 0.717) is 5.54 Å². The Hall–Kier alpha value is -2.38. The summed E-state index contributed by atoms with van der Waals surface area (Å²) in [5.41, 5.74) is 10.9. The van der Waals surface area contributed by atoms with Crippen LogP contribution in [0.3, 0.4) is 0 Å². The highest BCUT2D eigenvalue weighted by Gasteiger charge is 2.42. The molecule has 1 unspecified atom stereocenters. The van der Waals surface area contributed by atoms with Gasteiger partial charge in [-0.25, -0.2) is 0 Å². The van der Waals surface area contributed by atoms with Crippen molar-refractivity contribution < 1.29 is 0 Å². The first-order valence-corrected chi connectivity index (χ1v) is 12.6. The van der Waals surface area contributed by atoms with E-state index in [2.05, 4.69) is 92.9 Å². The zero-order valence-electron chi connectivity index (χ0n) is 15.7. The number of rotatable bonds is 2. The van der Waals surface area contributed by atoms with Gasteiger partial charge in [-0.05, 0) is 58.0 Å². The highest BCUT2D eigenvalue weighted by molar-refractivity contribution is 6.87. The van der Waals surface area contributed by atoms with Gasteiger partial charge in [0.1, 0.15) is 0 Å². The summed E-state index contributed by atoms with van der Waals surface area (Å²) in [5.74, 6) is 0. The minimum atomic E-state index is -1.71. The molecule has 0 saturated heterocycles. The summed E-state index contributed by atoms with van der Waals surface area (Å²) in [6.07, 6.45) is 10.8. The highest BCUT2D eigenvalue weighted by Crippen LogP contribution is 2.48. The third kappa shape index (κ3) is 2.20. The molecule has 0 fully saturated rings. The Kier molecular flexibility index (Phi) is 3.38. The molecule has 0 radical (unpaired) electrons. The van der Waals surface area contributed by atoms with Crippen LogP contribution in [0, 0.1) is 0 Å². The van der Waals surface area contributed by atoms with Crippen LogP contribution in [-0.4, -0.2) is 8.07 Å². The van der Waals surface area contributed by atoms with Crippen molar-refractivity contribution in [3.8, 4) is 0 Å². The van der Waals surface area contributed by atoms with Crippen molar-refractivity contribution in [2.75, 3.05) is 0 Å². The van der Waals surface area contributed by atoms with Crippen LogP contribution in [0.15, 0.2) is 82.6 Å². The maximum absolute atomic E-state index is 2.56. The summed E-state index contributed by atoms with van der Waals surface area (Å²) >= 11 is 0. The maximum atomic E-state index is 2.56. The molecule has 1 atom stereocenters. The molecule has 5 rings (SSSR count). The molecule has 2 aromatic rings. The normalized spacial score (nSPS) is 20.5. The fraction of sp³-hybridized carbons (Fsp3) is 0.200. The molecule has 0 aliphatic heterocycles.